The molecule has 0 spiro atoms. The zero-order chi connectivity index (χ0) is 27.4. The number of rotatable bonds is 16. The first-order chi connectivity index (χ1) is 17.5. The number of nitrogens with one attached hydrogen (secondary N) is 2. The van der Waals surface area contributed by atoms with Gasteiger partial charge in [-0.3, -0.25) is 9.36 Å². The Balaban J connectivity index is 1.59. The number of phenols is 1. The summed E-state index contributed by atoms with van der Waals surface area (Å²) in [6.07, 6.45) is 1.73. The van der Waals surface area contributed by atoms with Crippen molar-refractivity contribution < 1.29 is 34.4 Å². The van der Waals surface area contributed by atoms with E-state index in [4.69, 9.17) is 5.11 Å². The average Bonchev–Trinajstić information content (AvgIpc) is 2.85. The number of aromatic hydroxyl groups is 1. The van der Waals surface area contributed by atoms with Crippen LogP contribution in [0, 0.1) is 3.57 Å². The Labute approximate surface area is 231 Å². The smallest absolute Gasteiger partial charge is 0.335 e. The first-order valence-electron chi connectivity index (χ1n) is 12.3. The number of hydrogen-bond donors (Lipinski definition) is 6. The van der Waals surface area contributed by atoms with Crippen molar-refractivity contribution in [1.29, 1.82) is 0 Å². The quantitative estimate of drug-likeness (QED) is 0.0914. The minimum absolute atomic E-state index is 0.0598. The maximum Gasteiger partial charge on any atom is 0.335 e. The van der Waals surface area contributed by atoms with Gasteiger partial charge >= 0.3 is 5.97 Å². The monoisotopic (exact) mass is 644 g/mol. The second kappa shape index (κ2) is 15.4. The fourth-order valence-electron chi connectivity index (χ4n) is 3.80. The fourth-order valence-corrected chi connectivity index (χ4v) is 6.07. The molecule has 0 aliphatic rings. The topological polar surface area (TPSA) is 156 Å². The van der Waals surface area contributed by atoms with E-state index in [1.807, 2.05) is 35.6 Å². The Morgan fingerprint density at radius 1 is 1.11 bits per heavy atom. The van der Waals surface area contributed by atoms with E-state index in [1.165, 1.54) is 6.07 Å². The van der Waals surface area contributed by atoms with Gasteiger partial charge < -0.3 is 30.8 Å². The molecule has 1 amide bonds. The second-order valence-electron chi connectivity index (χ2n) is 9.16. The van der Waals surface area contributed by atoms with Crippen molar-refractivity contribution in [3.63, 3.8) is 0 Å². The number of benzene rings is 2. The predicted octanol–water partition coefficient (Wildman–Crippen LogP) is 3.90. The molecule has 6 N–H and O–H groups in total. The highest BCUT2D eigenvalue weighted by molar-refractivity contribution is 14.1. The van der Waals surface area contributed by atoms with E-state index in [9.17, 15) is 29.3 Å². The molecular formula is C26H36IN2O7P. The van der Waals surface area contributed by atoms with Gasteiger partial charge in [0.2, 0.25) is 13.3 Å². The number of carboxylic acids is 1. The minimum Gasteiger partial charge on any atom is -0.507 e. The molecule has 0 saturated carbocycles. The number of aliphatic hydroxyl groups excluding tert-OH is 1. The van der Waals surface area contributed by atoms with Gasteiger partial charge in [-0.15, -0.1) is 0 Å². The first kappa shape index (κ1) is 31.2. The fraction of sp³-hybridized carbons (Fsp3) is 0.462. The molecule has 2 rings (SSSR count). The summed E-state index contributed by atoms with van der Waals surface area (Å²) < 4.78 is 13.2. The molecule has 0 saturated heterocycles. The van der Waals surface area contributed by atoms with E-state index in [2.05, 4.69) is 10.6 Å². The van der Waals surface area contributed by atoms with Gasteiger partial charge in [-0.25, -0.2) is 4.79 Å². The zero-order valence-corrected chi connectivity index (χ0v) is 24.0. The molecule has 204 valence electrons. The van der Waals surface area contributed by atoms with Gasteiger partial charge in [0.15, 0.2) is 0 Å². The number of carboxylic acid groups (broad SMARTS) is 1. The Morgan fingerprint density at radius 2 is 1.86 bits per heavy atom. The number of phenolic OH excluding ortho intramolecular Hbond substituents is 1. The van der Waals surface area contributed by atoms with Gasteiger partial charge in [0, 0.05) is 31.7 Å². The largest absolute Gasteiger partial charge is 0.507 e. The number of hydrogen-bond acceptors (Lipinski definition) is 6. The standard InChI is InChI=1S/C26H36IN2O7P/c1-18(20-6-5-7-21(15-20)26(33)34)29-16-22(30)17-37(35,36)13-4-2-3-12-28-25(32)11-9-19-8-10-24(31)23(27)14-19/h5-8,10,14-15,18,22,29-31H,2-4,9,11-13,16-17H2,1H3,(H,28,32)(H,33,34)(H,35,36)/t18-,22+/m1/s1/i27-2. The van der Waals surface area contributed by atoms with E-state index in [0.717, 1.165) is 14.7 Å². The van der Waals surface area contributed by atoms with Crippen LogP contribution in [0.1, 0.15) is 60.1 Å². The molecule has 9 nitrogen and oxygen atoms in total. The van der Waals surface area contributed by atoms with Crippen LogP contribution in [0.15, 0.2) is 42.5 Å². The number of carbonyl (C=O) groups excluding carboxylic acids is 1. The van der Waals surface area contributed by atoms with Crippen LogP contribution in [0.4, 0.5) is 0 Å². The Bertz CT molecular complexity index is 1100. The molecule has 11 heteroatoms. The van der Waals surface area contributed by atoms with Gasteiger partial charge in [-0.2, -0.15) is 0 Å². The lowest BCUT2D eigenvalue weighted by Gasteiger charge is -2.20. The van der Waals surface area contributed by atoms with Crippen LogP contribution in [-0.4, -0.2) is 63.6 Å². The van der Waals surface area contributed by atoms with Gasteiger partial charge in [-0.05, 0) is 84.2 Å². The maximum atomic E-state index is 12.5. The summed E-state index contributed by atoms with van der Waals surface area (Å²) in [4.78, 5) is 33.4. The number of halogens is 1. The van der Waals surface area contributed by atoms with Gasteiger partial charge in [0.25, 0.3) is 0 Å². The number of aromatic carboxylic acids is 1. The van der Waals surface area contributed by atoms with Crippen molar-refractivity contribution in [1.82, 2.24) is 10.6 Å². The second-order valence-corrected chi connectivity index (χ2v) is 12.8. The molecule has 0 aliphatic heterocycles. The summed E-state index contributed by atoms with van der Waals surface area (Å²) in [5, 5.41) is 34.8. The van der Waals surface area contributed by atoms with Crippen LogP contribution in [0.25, 0.3) is 0 Å². The van der Waals surface area contributed by atoms with Crippen LogP contribution in [-0.2, 0) is 15.8 Å². The van der Waals surface area contributed by atoms with E-state index >= 15 is 0 Å². The third-order valence-electron chi connectivity index (χ3n) is 5.95. The number of aryl methyl sites for hydroxylation is 1. The Kier molecular flexibility index (Phi) is 13.0. The van der Waals surface area contributed by atoms with Crippen molar-refractivity contribution in [2.75, 3.05) is 25.4 Å². The minimum atomic E-state index is -3.50. The SMILES string of the molecule is C[C@@H](NC[C@H](O)CP(=O)(O)CCCCCNC(=O)CCc1ccc(O)c([125I])c1)c1cccc(C(=O)O)c1. The third-order valence-corrected chi connectivity index (χ3v) is 8.82. The summed E-state index contributed by atoms with van der Waals surface area (Å²) in [7, 11) is -3.50. The number of aliphatic hydroxyl groups is 1. The van der Waals surface area contributed by atoms with Crippen molar-refractivity contribution in [2.45, 2.75) is 51.2 Å². The normalized spacial score (nSPS) is 14.5. The summed E-state index contributed by atoms with van der Waals surface area (Å²) >= 11 is 2.04. The van der Waals surface area contributed by atoms with Crippen LogP contribution in [0.2, 0.25) is 0 Å². The lowest BCUT2D eigenvalue weighted by Crippen LogP contribution is -2.31. The predicted molar refractivity (Wildman–Crippen MR) is 151 cm³/mol. The van der Waals surface area contributed by atoms with Crippen LogP contribution in [0.3, 0.4) is 0 Å². The van der Waals surface area contributed by atoms with Gasteiger partial charge in [0.1, 0.15) is 5.75 Å². The summed E-state index contributed by atoms with van der Waals surface area (Å²) in [6.45, 7) is 2.44. The molecule has 0 aliphatic carbocycles. The van der Waals surface area contributed by atoms with Crippen molar-refractivity contribution in [3.8, 4) is 5.75 Å². The Morgan fingerprint density at radius 3 is 2.57 bits per heavy atom. The molecule has 0 radical (unpaired) electrons. The molecule has 1 unspecified atom stereocenters. The molecule has 0 aromatic heterocycles. The van der Waals surface area contributed by atoms with Crippen LogP contribution < -0.4 is 10.6 Å². The van der Waals surface area contributed by atoms with E-state index in [0.29, 0.717) is 38.6 Å². The maximum absolute atomic E-state index is 12.5. The van der Waals surface area contributed by atoms with Crippen molar-refractivity contribution in [3.05, 3.63) is 62.7 Å². The highest BCUT2D eigenvalue weighted by atomic mass is 125. The van der Waals surface area contributed by atoms with E-state index in [-0.39, 0.29) is 42.1 Å². The van der Waals surface area contributed by atoms with Gasteiger partial charge in [-0.1, -0.05) is 24.6 Å². The van der Waals surface area contributed by atoms with Crippen molar-refractivity contribution in [2.24, 2.45) is 0 Å². The molecule has 3 atom stereocenters. The van der Waals surface area contributed by atoms with E-state index < -0.39 is 19.4 Å². The molecular weight excluding hydrogens is 608 g/mol. The lowest BCUT2D eigenvalue weighted by molar-refractivity contribution is -0.121. The molecule has 2 aromatic rings. The summed E-state index contributed by atoms with van der Waals surface area (Å²) in [5.74, 6) is -0.851. The van der Waals surface area contributed by atoms with E-state index in [1.54, 1.807) is 30.3 Å². The number of amides is 1. The molecule has 0 bridgehead atoms. The Hall–Kier alpha value is -1.98. The summed E-state index contributed by atoms with van der Waals surface area (Å²) in [5.41, 5.74) is 1.91. The number of unbranched alkanes of at least 4 members (excludes halogenated alkanes) is 2. The summed E-state index contributed by atoms with van der Waals surface area (Å²) in [6, 6.07) is 11.5. The van der Waals surface area contributed by atoms with Crippen LogP contribution in [0.5, 0.6) is 5.75 Å². The first-order valence-corrected chi connectivity index (χ1v) is 15.4. The number of carbonyl (C=O) groups is 2. The molecule has 37 heavy (non-hydrogen) atoms. The highest BCUT2D eigenvalue weighted by Gasteiger charge is 2.23. The molecule has 2 aromatic carbocycles. The van der Waals surface area contributed by atoms with Crippen LogP contribution >= 0.6 is 30.0 Å². The van der Waals surface area contributed by atoms with Crippen molar-refractivity contribution >= 4 is 41.8 Å². The highest BCUT2D eigenvalue weighted by Crippen LogP contribution is 2.42. The van der Waals surface area contributed by atoms with Gasteiger partial charge in [0.05, 0.1) is 21.4 Å². The third kappa shape index (κ3) is 12.0. The lowest BCUT2D eigenvalue weighted by atomic mass is 10.1. The zero-order valence-electron chi connectivity index (χ0n) is 20.9. The molecule has 0 fully saturated rings. The molecule has 0 heterocycles. The average molecular weight is 644 g/mol.